The van der Waals surface area contributed by atoms with E-state index in [0.717, 1.165) is 5.82 Å². The zero-order chi connectivity index (χ0) is 10.3. The number of carbonyl (C=O) groups is 1. The van der Waals surface area contributed by atoms with Crippen LogP contribution in [-0.2, 0) is 4.79 Å². The van der Waals surface area contributed by atoms with Crippen LogP contribution in [0.1, 0.15) is 12.7 Å². The first-order chi connectivity index (χ1) is 6.07. The highest BCUT2D eigenvalue weighted by atomic mass is 16.4. The predicted molar refractivity (Wildman–Crippen MR) is 51.1 cm³/mol. The molecular weight excluding hydrogens is 168 g/mol. The van der Waals surface area contributed by atoms with Crippen LogP contribution in [0.15, 0.2) is 31.1 Å². The lowest BCUT2D eigenvalue weighted by Crippen LogP contribution is -1.92. The van der Waals surface area contributed by atoms with E-state index in [2.05, 4.69) is 23.1 Å². The smallest absolute Gasteiger partial charge is 0.330 e. The van der Waals surface area contributed by atoms with Crippen LogP contribution in [0.4, 0.5) is 0 Å². The molecule has 0 radical (unpaired) electrons. The summed E-state index contributed by atoms with van der Waals surface area (Å²) in [4.78, 5) is 16.3. The summed E-state index contributed by atoms with van der Waals surface area (Å²) in [7, 11) is 0. The van der Waals surface area contributed by atoms with Crippen LogP contribution in [0.2, 0.25) is 0 Å². The van der Waals surface area contributed by atoms with E-state index in [1.54, 1.807) is 18.5 Å². The Morgan fingerprint density at radius 3 is 2.46 bits per heavy atom. The van der Waals surface area contributed by atoms with Crippen molar-refractivity contribution in [2.24, 2.45) is 0 Å². The summed E-state index contributed by atoms with van der Waals surface area (Å²) in [6.07, 6.45) is 5.12. The van der Waals surface area contributed by atoms with Crippen molar-refractivity contribution < 1.29 is 9.90 Å². The zero-order valence-corrected chi connectivity index (χ0v) is 7.45. The highest BCUT2D eigenvalue weighted by Gasteiger charge is 1.90. The third kappa shape index (κ3) is 5.43. The molecule has 4 heteroatoms. The van der Waals surface area contributed by atoms with Gasteiger partial charge in [-0.2, -0.15) is 0 Å². The second-order valence-corrected chi connectivity index (χ2v) is 2.26. The number of imidazole rings is 1. The monoisotopic (exact) mass is 180 g/mol. The quantitative estimate of drug-likeness (QED) is 0.681. The van der Waals surface area contributed by atoms with Crippen LogP contribution in [0.5, 0.6) is 0 Å². The average Bonchev–Trinajstić information content (AvgIpc) is 2.56. The molecule has 1 rings (SSSR count). The summed E-state index contributed by atoms with van der Waals surface area (Å²) in [5.74, 6) is -0.116. The normalized spacial score (nSPS) is 8.08. The molecule has 70 valence electrons. The van der Waals surface area contributed by atoms with E-state index in [1.807, 2.05) is 0 Å². The Balaban J connectivity index is 0.000000226. The lowest BCUT2D eigenvalue weighted by Gasteiger charge is -1.79. The van der Waals surface area contributed by atoms with Crippen LogP contribution < -0.4 is 0 Å². The molecule has 0 amide bonds. The molecule has 1 aromatic heterocycles. The Morgan fingerprint density at radius 2 is 2.31 bits per heavy atom. The van der Waals surface area contributed by atoms with Gasteiger partial charge in [0, 0.05) is 18.0 Å². The standard InChI is InChI=1S/C5H6N2.C4H6O2/c1-2-5-6-3-4-7-5;1-3(2)4(5)6/h2-4H,1H2,(H,6,7);1H2,2H3,(H,5,6). The summed E-state index contributed by atoms with van der Waals surface area (Å²) in [5.41, 5.74) is 0.176. The number of carboxylic acid groups (broad SMARTS) is 1. The van der Waals surface area contributed by atoms with Crippen LogP contribution >= 0.6 is 0 Å². The van der Waals surface area contributed by atoms with Crippen LogP contribution in [0, 0.1) is 0 Å². The number of aromatic nitrogens is 2. The molecule has 13 heavy (non-hydrogen) atoms. The first kappa shape index (κ1) is 11.2. The summed E-state index contributed by atoms with van der Waals surface area (Å²) >= 11 is 0. The molecule has 0 atom stereocenters. The summed E-state index contributed by atoms with van der Waals surface area (Å²) < 4.78 is 0. The first-order valence-electron chi connectivity index (χ1n) is 3.58. The van der Waals surface area contributed by atoms with Gasteiger partial charge in [-0.15, -0.1) is 0 Å². The molecule has 0 spiro atoms. The molecule has 0 aliphatic rings. The van der Waals surface area contributed by atoms with Gasteiger partial charge in [0.15, 0.2) is 0 Å². The highest BCUT2D eigenvalue weighted by Crippen LogP contribution is 1.86. The largest absolute Gasteiger partial charge is 0.478 e. The maximum atomic E-state index is 9.60. The van der Waals surface area contributed by atoms with E-state index in [4.69, 9.17) is 5.11 Å². The van der Waals surface area contributed by atoms with Gasteiger partial charge in [0.25, 0.3) is 0 Å². The Bertz CT molecular complexity index is 277. The number of carboxylic acids is 1. The molecule has 0 aliphatic heterocycles. The van der Waals surface area contributed by atoms with E-state index in [1.165, 1.54) is 6.92 Å². The van der Waals surface area contributed by atoms with E-state index in [9.17, 15) is 4.79 Å². The van der Waals surface area contributed by atoms with Gasteiger partial charge >= 0.3 is 5.97 Å². The fourth-order valence-electron chi connectivity index (χ4n) is 0.389. The van der Waals surface area contributed by atoms with Crippen molar-refractivity contribution in [1.82, 2.24) is 9.97 Å². The molecule has 0 aliphatic carbocycles. The van der Waals surface area contributed by atoms with Crippen molar-refractivity contribution in [3.8, 4) is 0 Å². The van der Waals surface area contributed by atoms with Crippen LogP contribution in [0.25, 0.3) is 6.08 Å². The Morgan fingerprint density at radius 1 is 1.77 bits per heavy atom. The molecule has 0 saturated heterocycles. The summed E-state index contributed by atoms with van der Waals surface area (Å²) in [6.45, 7) is 8.11. The lowest BCUT2D eigenvalue weighted by atomic mass is 10.4. The topological polar surface area (TPSA) is 66.0 Å². The second-order valence-electron chi connectivity index (χ2n) is 2.26. The maximum absolute atomic E-state index is 9.60. The van der Waals surface area contributed by atoms with Gasteiger partial charge in [0.05, 0.1) is 0 Å². The van der Waals surface area contributed by atoms with Crippen molar-refractivity contribution in [3.63, 3.8) is 0 Å². The number of nitrogens with zero attached hydrogens (tertiary/aromatic N) is 1. The number of hydrogen-bond donors (Lipinski definition) is 2. The van der Waals surface area contributed by atoms with Gasteiger partial charge in [-0.05, 0) is 13.0 Å². The van der Waals surface area contributed by atoms with Crippen molar-refractivity contribution in [2.75, 3.05) is 0 Å². The van der Waals surface area contributed by atoms with Gasteiger partial charge in [-0.25, -0.2) is 9.78 Å². The molecule has 1 heterocycles. The van der Waals surface area contributed by atoms with E-state index < -0.39 is 5.97 Å². The summed E-state index contributed by atoms with van der Waals surface area (Å²) in [5, 5.41) is 7.89. The lowest BCUT2D eigenvalue weighted by molar-refractivity contribution is -0.132. The molecule has 0 aromatic carbocycles. The fraction of sp³-hybridized carbons (Fsp3) is 0.111. The average molecular weight is 180 g/mol. The molecule has 4 nitrogen and oxygen atoms in total. The number of aromatic amines is 1. The number of hydrogen-bond acceptors (Lipinski definition) is 2. The van der Waals surface area contributed by atoms with E-state index in [0.29, 0.717) is 0 Å². The summed E-state index contributed by atoms with van der Waals surface area (Å²) in [6, 6.07) is 0. The van der Waals surface area contributed by atoms with E-state index in [-0.39, 0.29) is 5.57 Å². The van der Waals surface area contributed by atoms with E-state index >= 15 is 0 Å². The minimum absolute atomic E-state index is 0.176. The minimum atomic E-state index is -0.935. The predicted octanol–water partition coefficient (Wildman–Crippen LogP) is 1.70. The molecule has 0 bridgehead atoms. The third-order valence-electron chi connectivity index (χ3n) is 1.08. The minimum Gasteiger partial charge on any atom is -0.478 e. The highest BCUT2D eigenvalue weighted by molar-refractivity contribution is 5.84. The van der Waals surface area contributed by atoms with Gasteiger partial charge in [-0.3, -0.25) is 0 Å². The maximum Gasteiger partial charge on any atom is 0.330 e. The Kier molecular flexibility index (Phi) is 4.95. The van der Waals surface area contributed by atoms with Gasteiger partial charge in [0.1, 0.15) is 5.82 Å². The number of aliphatic carboxylic acids is 1. The van der Waals surface area contributed by atoms with Gasteiger partial charge in [0.2, 0.25) is 0 Å². The molecule has 2 N–H and O–H groups in total. The van der Waals surface area contributed by atoms with Crippen molar-refractivity contribution in [3.05, 3.63) is 36.9 Å². The molecule has 0 fully saturated rings. The van der Waals surface area contributed by atoms with Gasteiger partial charge < -0.3 is 10.1 Å². The van der Waals surface area contributed by atoms with Crippen LogP contribution in [-0.4, -0.2) is 21.0 Å². The molecular formula is C9H12N2O2. The SMILES string of the molecule is C=C(C)C(=O)O.C=Cc1ncc[nH]1. The second kappa shape index (κ2) is 5.77. The first-order valence-corrected chi connectivity index (χ1v) is 3.58. The molecule has 0 saturated carbocycles. The number of nitrogens with one attached hydrogen (secondary N) is 1. The number of H-pyrrole nitrogens is 1. The van der Waals surface area contributed by atoms with Crippen LogP contribution in [0.3, 0.4) is 0 Å². The molecule has 0 unspecified atom stereocenters. The molecule has 1 aromatic rings. The third-order valence-corrected chi connectivity index (χ3v) is 1.08. The Labute approximate surface area is 76.6 Å². The zero-order valence-electron chi connectivity index (χ0n) is 7.45. The van der Waals surface area contributed by atoms with Crippen molar-refractivity contribution in [1.29, 1.82) is 0 Å². The number of rotatable bonds is 2. The van der Waals surface area contributed by atoms with Crippen molar-refractivity contribution in [2.45, 2.75) is 6.92 Å². The van der Waals surface area contributed by atoms with Crippen molar-refractivity contribution >= 4 is 12.0 Å². The Hall–Kier alpha value is -1.84. The van der Waals surface area contributed by atoms with Gasteiger partial charge in [-0.1, -0.05) is 13.2 Å². The fourth-order valence-corrected chi connectivity index (χ4v) is 0.389.